The molecule has 2 heterocycles. The van der Waals surface area contributed by atoms with E-state index in [2.05, 4.69) is 21.3 Å². The Kier molecular flexibility index (Phi) is 2.96. The van der Waals surface area contributed by atoms with Crippen LogP contribution in [0.1, 0.15) is 0 Å². The van der Waals surface area contributed by atoms with E-state index in [1.807, 2.05) is 12.1 Å². The Balaban J connectivity index is 2.04. The monoisotopic (exact) mass is 192 g/mol. The molecule has 1 aliphatic rings. The van der Waals surface area contributed by atoms with Crippen LogP contribution in [0.2, 0.25) is 0 Å². The maximum absolute atomic E-state index is 9.04. The number of hydrogen-bond donors (Lipinski definition) is 2. The van der Waals surface area contributed by atoms with Gasteiger partial charge in [0.05, 0.1) is 6.61 Å². The first-order chi connectivity index (χ1) is 6.90. The number of aliphatic hydroxyl groups excluding tert-OH is 1. The van der Waals surface area contributed by atoms with Gasteiger partial charge in [-0.05, 0) is 12.1 Å². The highest BCUT2D eigenvalue weighted by Gasteiger charge is 2.18. The van der Waals surface area contributed by atoms with Crippen LogP contribution in [0.3, 0.4) is 0 Å². The topological polar surface area (TPSA) is 48.4 Å². The largest absolute Gasteiger partial charge is 0.395 e. The molecular weight excluding hydrogens is 178 g/mol. The zero-order valence-corrected chi connectivity index (χ0v) is 7.98. The first kappa shape index (κ1) is 9.43. The van der Waals surface area contributed by atoms with E-state index in [0.29, 0.717) is 0 Å². The molecule has 2 N–H and O–H groups in total. The molecule has 4 nitrogen and oxygen atoms in total. The number of nitrogens with zero attached hydrogens (tertiary/aromatic N) is 2. The molecule has 75 valence electrons. The second kappa shape index (κ2) is 4.39. The Hall–Kier alpha value is -1.13. The molecular formula is C10H14N3O. The van der Waals surface area contributed by atoms with Crippen molar-refractivity contribution >= 4 is 5.82 Å². The Morgan fingerprint density at radius 1 is 1.71 bits per heavy atom. The van der Waals surface area contributed by atoms with Crippen molar-refractivity contribution in [1.82, 2.24) is 10.3 Å². The van der Waals surface area contributed by atoms with Crippen molar-refractivity contribution in [3.63, 3.8) is 0 Å². The first-order valence-electron chi connectivity index (χ1n) is 4.81. The van der Waals surface area contributed by atoms with Crippen molar-refractivity contribution in [2.45, 2.75) is 6.04 Å². The van der Waals surface area contributed by atoms with Crippen molar-refractivity contribution < 1.29 is 5.11 Å². The summed E-state index contributed by atoms with van der Waals surface area (Å²) in [4.78, 5) is 6.40. The van der Waals surface area contributed by atoms with Crippen molar-refractivity contribution in [2.75, 3.05) is 31.1 Å². The average molecular weight is 192 g/mol. The highest BCUT2D eigenvalue weighted by Crippen LogP contribution is 2.11. The molecule has 0 unspecified atom stereocenters. The Morgan fingerprint density at radius 3 is 3.36 bits per heavy atom. The van der Waals surface area contributed by atoms with Gasteiger partial charge >= 0.3 is 0 Å². The Bertz CT molecular complexity index is 278. The minimum atomic E-state index is 0.162. The standard InChI is InChI=1S/C10H14N3O/c14-8-9-7-13(6-5-11-9)10-3-1-2-4-12-10/h1,3-4,9,11,14H,5-8H2/t9-/m1/s1. The van der Waals surface area contributed by atoms with Crippen LogP contribution in [0.15, 0.2) is 18.3 Å². The molecule has 0 bridgehead atoms. The SMILES string of the molecule is OC[C@H]1CN(c2cc[c]cn2)CCN1. The van der Waals surface area contributed by atoms with Gasteiger partial charge in [-0.1, -0.05) is 0 Å². The zero-order valence-electron chi connectivity index (χ0n) is 7.98. The van der Waals surface area contributed by atoms with Gasteiger partial charge in [0.1, 0.15) is 5.82 Å². The molecule has 0 aliphatic carbocycles. The molecule has 1 aliphatic heterocycles. The summed E-state index contributed by atoms with van der Waals surface area (Å²) in [6.45, 7) is 2.82. The lowest BCUT2D eigenvalue weighted by Gasteiger charge is -2.33. The van der Waals surface area contributed by atoms with Crippen molar-refractivity contribution in [3.8, 4) is 0 Å². The van der Waals surface area contributed by atoms with Gasteiger partial charge in [0.15, 0.2) is 0 Å². The van der Waals surface area contributed by atoms with Crippen molar-refractivity contribution in [2.24, 2.45) is 0 Å². The van der Waals surface area contributed by atoms with Crippen LogP contribution in [0.25, 0.3) is 0 Å². The van der Waals surface area contributed by atoms with Crippen molar-refractivity contribution in [1.29, 1.82) is 0 Å². The summed E-state index contributed by atoms with van der Waals surface area (Å²) in [7, 11) is 0. The van der Waals surface area contributed by atoms with Crippen LogP contribution >= 0.6 is 0 Å². The number of hydrogen-bond acceptors (Lipinski definition) is 4. The third-order valence-electron chi connectivity index (χ3n) is 2.40. The summed E-state index contributed by atoms with van der Waals surface area (Å²) in [6.07, 6.45) is 1.67. The molecule has 4 heteroatoms. The predicted octanol–water partition coefficient (Wildman–Crippen LogP) is -0.348. The van der Waals surface area contributed by atoms with Crippen LogP contribution in [0.4, 0.5) is 5.82 Å². The molecule has 1 aromatic rings. The number of aliphatic hydroxyl groups is 1. The fourth-order valence-electron chi connectivity index (χ4n) is 1.66. The summed E-state index contributed by atoms with van der Waals surface area (Å²) in [5, 5.41) is 12.3. The van der Waals surface area contributed by atoms with E-state index < -0.39 is 0 Å². The lowest BCUT2D eigenvalue weighted by Crippen LogP contribution is -2.52. The molecule has 1 fully saturated rings. The molecule has 0 aromatic carbocycles. The third kappa shape index (κ3) is 2.02. The van der Waals surface area contributed by atoms with E-state index in [0.717, 1.165) is 25.5 Å². The molecule has 1 atom stereocenters. The van der Waals surface area contributed by atoms with E-state index >= 15 is 0 Å². The van der Waals surface area contributed by atoms with Gasteiger partial charge in [0.25, 0.3) is 0 Å². The summed E-state index contributed by atoms with van der Waals surface area (Å²) < 4.78 is 0. The van der Waals surface area contributed by atoms with E-state index in [1.165, 1.54) is 0 Å². The fourth-order valence-corrected chi connectivity index (χ4v) is 1.66. The van der Waals surface area contributed by atoms with Gasteiger partial charge in [0.2, 0.25) is 0 Å². The summed E-state index contributed by atoms with van der Waals surface area (Å²) in [5.41, 5.74) is 0. The number of rotatable bonds is 2. The third-order valence-corrected chi connectivity index (χ3v) is 2.40. The second-order valence-corrected chi connectivity index (χ2v) is 3.40. The first-order valence-corrected chi connectivity index (χ1v) is 4.81. The highest BCUT2D eigenvalue weighted by atomic mass is 16.3. The number of nitrogens with one attached hydrogen (secondary N) is 1. The van der Waals surface area contributed by atoms with Gasteiger partial charge in [-0.25, -0.2) is 4.98 Å². The van der Waals surface area contributed by atoms with E-state index in [-0.39, 0.29) is 12.6 Å². The molecule has 0 spiro atoms. The van der Waals surface area contributed by atoms with Gasteiger partial charge in [0, 0.05) is 37.9 Å². The normalized spacial score (nSPS) is 22.4. The number of piperazine rings is 1. The van der Waals surface area contributed by atoms with Gasteiger partial charge in [-0.2, -0.15) is 0 Å². The van der Waals surface area contributed by atoms with Gasteiger partial charge in [-0.15, -0.1) is 0 Å². The summed E-state index contributed by atoms with van der Waals surface area (Å²) in [6, 6.07) is 6.86. The smallest absolute Gasteiger partial charge is 0.128 e. The minimum absolute atomic E-state index is 0.162. The van der Waals surface area contributed by atoms with E-state index in [9.17, 15) is 0 Å². The number of pyridine rings is 1. The quantitative estimate of drug-likeness (QED) is 0.672. The molecule has 1 radical (unpaired) electrons. The van der Waals surface area contributed by atoms with Gasteiger partial charge in [-0.3, -0.25) is 0 Å². The lowest BCUT2D eigenvalue weighted by molar-refractivity contribution is 0.235. The maximum Gasteiger partial charge on any atom is 0.128 e. The number of anilines is 1. The Morgan fingerprint density at radius 2 is 2.64 bits per heavy atom. The predicted molar refractivity (Wildman–Crippen MR) is 54.2 cm³/mol. The summed E-state index contributed by atoms with van der Waals surface area (Å²) >= 11 is 0. The van der Waals surface area contributed by atoms with Crippen LogP contribution in [-0.2, 0) is 0 Å². The fraction of sp³-hybridized carbons (Fsp3) is 0.500. The molecule has 2 rings (SSSR count). The van der Waals surface area contributed by atoms with Crippen LogP contribution in [0, 0.1) is 6.07 Å². The minimum Gasteiger partial charge on any atom is -0.395 e. The molecule has 0 saturated carbocycles. The van der Waals surface area contributed by atoms with Crippen LogP contribution in [-0.4, -0.2) is 42.4 Å². The van der Waals surface area contributed by atoms with E-state index in [4.69, 9.17) is 5.11 Å². The molecule has 14 heavy (non-hydrogen) atoms. The molecule has 0 amide bonds. The molecule has 1 aromatic heterocycles. The second-order valence-electron chi connectivity index (χ2n) is 3.40. The Labute approximate surface area is 83.6 Å². The van der Waals surface area contributed by atoms with Crippen molar-refractivity contribution in [3.05, 3.63) is 24.4 Å². The number of aromatic nitrogens is 1. The average Bonchev–Trinajstić information content (AvgIpc) is 2.30. The molecule has 1 saturated heterocycles. The maximum atomic E-state index is 9.04. The lowest BCUT2D eigenvalue weighted by atomic mass is 10.2. The highest BCUT2D eigenvalue weighted by molar-refractivity contribution is 5.38. The zero-order chi connectivity index (χ0) is 9.80. The summed E-state index contributed by atoms with van der Waals surface area (Å²) in [5.74, 6) is 0.962. The van der Waals surface area contributed by atoms with Crippen LogP contribution < -0.4 is 10.2 Å². The van der Waals surface area contributed by atoms with Gasteiger partial charge < -0.3 is 15.3 Å². The van der Waals surface area contributed by atoms with E-state index in [1.54, 1.807) is 6.20 Å². The van der Waals surface area contributed by atoms with Crippen LogP contribution in [0.5, 0.6) is 0 Å².